The third kappa shape index (κ3) is 4.74. The third-order valence-electron chi connectivity index (χ3n) is 6.99. The number of hydrogen-bond donors (Lipinski definition) is 1. The standard InChI is InChI=1S/C27H32N4O6/c1-3-37-26(34)23-24(18-9-10-22(35-2)21(32)17-18)31-20-8-5-4-7-19(20)28-27(31)30(25(23)33)12-6-11-29-13-15-36-16-14-29/h4-5,7-10,17,23-24,32H,3,6,11-16H2,1-2H3/t23-,24+/m1/s1. The van der Waals surface area contributed by atoms with Crippen molar-refractivity contribution < 1.29 is 28.9 Å². The lowest BCUT2D eigenvalue weighted by Crippen LogP contribution is -2.51. The Labute approximate surface area is 215 Å². The number of carbonyl (C=O) groups is 2. The van der Waals surface area contributed by atoms with E-state index >= 15 is 0 Å². The quantitative estimate of drug-likeness (QED) is 0.366. The molecule has 37 heavy (non-hydrogen) atoms. The average Bonchev–Trinajstić information content (AvgIpc) is 3.29. The number of carbonyl (C=O) groups excluding carboxylic acids is 2. The summed E-state index contributed by atoms with van der Waals surface area (Å²) < 4.78 is 18.0. The normalized spacial score (nSPS) is 20.2. The number of para-hydroxylation sites is 2. The number of ether oxygens (including phenoxy) is 3. The van der Waals surface area contributed by atoms with E-state index in [2.05, 4.69) is 4.90 Å². The Morgan fingerprint density at radius 2 is 1.95 bits per heavy atom. The van der Waals surface area contributed by atoms with Gasteiger partial charge in [0.15, 0.2) is 17.4 Å². The van der Waals surface area contributed by atoms with E-state index < -0.39 is 17.9 Å². The molecule has 0 saturated carbocycles. The maximum atomic E-state index is 14.0. The van der Waals surface area contributed by atoms with Crippen LogP contribution in [0.3, 0.4) is 0 Å². The first-order valence-electron chi connectivity index (χ1n) is 12.7. The summed E-state index contributed by atoms with van der Waals surface area (Å²) in [6, 6.07) is 11.8. The fourth-order valence-electron chi connectivity index (χ4n) is 5.23. The molecule has 1 N–H and O–H groups in total. The molecule has 0 aliphatic carbocycles. The Morgan fingerprint density at radius 1 is 1.16 bits per heavy atom. The lowest BCUT2D eigenvalue weighted by atomic mass is 9.89. The molecule has 2 aliphatic rings. The summed E-state index contributed by atoms with van der Waals surface area (Å²) in [7, 11) is 1.47. The van der Waals surface area contributed by atoms with Crippen LogP contribution in [0.4, 0.5) is 5.95 Å². The van der Waals surface area contributed by atoms with Crippen LogP contribution in [0.15, 0.2) is 42.5 Å². The lowest BCUT2D eigenvalue weighted by Gasteiger charge is -2.38. The number of nitrogens with zero attached hydrogens (tertiary/aromatic N) is 4. The number of esters is 1. The van der Waals surface area contributed by atoms with Gasteiger partial charge in [-0.1, -0.05) is 18.2 Å². The van der Waals surface area contributed by atoms with Crippen LogP contribution in [0.25, 0.3) is 11.0 Å². The summed E-state index contributed by atoms with van der Waals surface area (Å²) in [5.41, 5.74) is 2.09. The molecule has 0 radical (unpaired) electrons. The number of anilines is 1. The van der Waals surface area contributed by atoms with Crippen LogP contribution in [0, 0.1) is 5.92 Å². The fraction of sp³-hybridized carbons (Fsp3) is 0.444. The summed E-state index contributed by atoms with van der Waals surface area (Å²) in [5.74, 6) is -1.39. The van der Waals surface area contributed by atoms with Crippen molar-refractivity contribution in [3.05, 3.63) is 48.0 Å². The topological polar surface area (TPSA) is 106 Å². The van der Waals surface area contributed by atoms with Crippen LogP contribution >= 0.6 is 0 Å². The second-order valence-electron chi connectivity index (χ2n) is 9.17. The van der Waals surface area contributed by atoms with Gasteiger partial charge in [-0.25, -0.2) is 4.98 Å². The minimum absolute atomic E-state index is 0.0750. The molecule has 1 amide bonds. The van der Waals surface area contributed by atoms with E-state index in [0.717, 1.165) is 37.1 Å². The number of morpholine rings is 1. The van der Waals surface area contributed by atoms with Crippen molar-refractivity contribution >= 4 is 28.9 Å². The molecule has 3 heterocycles. The molecule has 2 aliphatic heterocycles. The van der Waals surface area contributed by atoms with Crippen molar-refractivity contribution in [3.63, 3.8) is 0 Å². The van der Waals surface area contributed by atoms with Crippen molar-refractivity contribution in [2.24, 2.45) is 5.92 Å². The molecule has 1 fully saturated rings. The highest BCUT2D eigenvalue weighted by Gasteiger charge is 2.47. The maximum absolute atomic E-state index is 14.0. The smallest absolute Gasteiger partial charge is 0.321 e. The highest BCUT2D eigenvalue weighted by Crippen LogP contribution is 2.43. The van der Waals surface area contributed by atoms with Crippen LogP contribution in [-0.4, -0.2) is 84.5 Å². The van der Waals surface area contributed by atoms with Gasteiger partial charge < -0.3 is 23.9 Å². The SMILES string of the molecule is CCOC(=O)[C@H]1C(=O)N(CCCN2CCOCC2)c2nc3ccccc3n2[C@H]1c1ccc(OC)c(O)c1. The predicted octanol–water partition coefficient (Wildman–Crippen LogP) is 2.59. The van der Waals surface area contributed by atoms with Gasteiger partial charge in [0.1, 0.15) is 0 Å². The molecule has 5 rings (SSSR count). The van der Waals surface area contributed by atoms with Crippen LogP contribution in [0.5, 0.6) is 11.5 Å². The molecule has 196 valence electrons. The number of benzene rings is 2. The summed E-state index contributed by atoms with van der Waals surface area (Å²) in [6.07, 6.45) is 0.721. The fourth-order valence-corrected chi connectivity index (χ4v) is 5.23. The number of aromatic hydroxyl groups is 1. The number of phenolic OH excluding ortho intramolecular Hbond substituents is 1. The highest BCUT2D eigenvalue weighted by atomic mass is 16.5. The molecule has 0 spiro atoms. The van der Waals surface area contributed by atoms with E-state index in [0.29, 0.717) is 37.0 Å². The van der Waals surface area contributed by atoms with Crippen LogP contribution in [-0.2, 0) is 19.1 Å². The first-order valence-corrected chi connectivity index (χ1v) is 12.7. The summed E-state index contributed by atoms with van der Waals surface area (Å²) in [5, 5.41) is 10.5. The Morgan fingerprint density at radius 3 is 2.68 bits per heavy atom. The molecule has 3 aromatic rings. The van der Waals surface area contributed by atoms with Crippen LogP contribution in [0.2, 0.25) is 0 Å². The molecule has 0 bridgehead atoms. The Balaban J connectivity index is 1.59. The van der Waals surface area contributed by atoms with E-state index in [1.807, 2.05) is 28.8 Å². The van der Waals surface area contributed by atoms with E-state index in [-0.39, 0.29) is 18.3 Å². The Kier molecular flexibility index (Phi) is 7.29. The van der Waals surface area contributed by atoms with Gasteiger partial charge in [0, 0.05) is 26.2 Å². The van der Waals surface area contributed by atoms with Gasteiger partial charge in [0.05, 0.1) is 44.0 Å². The number of imidazole rings is 1. The highest BCUT2D eigenvalue weighted by molar-refractivity contribution is 6.08. The minimum atomic E-state index is -1.14. The number of hydrogen-bond acceptors (Lipinski definition) is 8. The number of fused-ring (bicyclic) bond motifs is 3. The second-order valence-corrected chi connectivity index (χ2v) is 9.17. The van der Waals surface area contributed by atoms with Gasteiger partial charge in [0.2, 0.25) is 11.9 Å². The van der Waals surface area contributed by atoms with Gasteiger partial charge in [-0.05, 0) is 43.2 Å². The van der Waals surface area contributed by atoms with Gasteiger partial charge in [0.25, 0.3) is 0 Å². The molecule has 0 unspecified atom stereocenters. The number of amides is 1. The van der Waals surface area contributed by atoms with Crippen LogP contribution < -0.4 is 9.64 Å². The maximum Gasteiger partial charge on any atom is 0.321 e. The summed E-state index contributed by atoms with van der Waals surface area (Å²) in [6.45, 7) is 6.24. The zero-order valence-electron chi connectivity index (χ0n) is 21.1. The lowest BCUT2D eigenvalue weighted by molar-refractivity contribution is -0.153. The second kappa shape index (κ2) is 10.8. The molecule has 2 atom stereocenters. The average molecular weight is 509 g/mol. The molecular formula is C27H32N4O6. The van der Waals surface area contributed by atoms with Gasteiger partial charge in [-0.3, -0.25) is 19.4 Å². The first-order chi connectivity index (χ1) is 18.0. The van der Waals surface area contributed by atoms with Crippen LogP contribution in [0.1, 0.15) is 24.9 Å². The number of methoxy groups -OCH3 is 1. The largest absolute Gasteiger partial charge is 0.504 e. The van der Waals surface area contributed by atoms with E-state index in [4.69, 9.17) is 19.2 Å². The minimum Gasteiger partial charge on any atom is -0.504 e. The zero-order chi connectivity index (χ0) is 25.9. The van der Waals surface area contributed by atoms with Gasteiger partial charge in [-0.2, -0.15) is 0 Å². The van der Waals surface area contributed by atoms with Crippen molar-refractivity contribution in [3.8, 4) is 11.5 Å². The summed E-state index contributed by atoms with van der Waals surface area (Å²) in [4.78, 5) is 36.1. The van der Waals surface area contributed by atoms with Crippen molar-refractivity contribution in [1.82, 2.24) is 14.5 Å². The Hall–Kier alpha value is -3.63. The summed E-state index contributed by atoms with van der Waals surface area (Å²) >= 11 is 0. The molecule has 1 saturated heterocycles. The number of aromatic nitrogens is 2. The molecule has 10 heteroatoms. The third-order valence-corrected chi connectivity index (χ3v) is 6.99. The van der Waals surface area contributed by atoms with Gasteiger partial charge >= 0.3 is 5.97 Å². The van der Waals surface area contributed by atoms with Crippen molar-refractivity contribution in [2.45, 2.75) is 19.4 Å². The van der Waals surface area contributed by atoms with Crippen molar-refractivity contribution in [2.75, 3.05) is 58.0 Å². The van der Waals surface area contributed by atoms with Crippen molar-refractivity contribution in [1.29, 1.82) is 0 Å². The monoisotopic (exact) mass is 508 g/mol. The van der Waals surface area contributed by atoms with E-state index in [1.165, 1.54) is 13.2 Å². The molecule has 10 nitrogen and oxygen atoms in total. The molecule has 1 aromatic heterocycles. The number of rotatable bonds is 8. The van der Waals surface area contributed by atoms with Gasteiger partial charge in [-0.15, -0.1) is 0 Å². The zero-order valence-corrected chi connectivity index (χ0v) is 21.1. The number of phenols is 1. The van der Waals surface area contributed by atoms with E-state index in [9.17, 15) is 14.7 Å². The predicted molar refractivity (Wildman–Crippen MR) is 137 cm³/mol. The first kappa shape index (κ1) is 25.0. The Bertz CT molecular complexity index is 1290. The molecule has 2 aromatic carbocycles. The molecular weight excluding hydrogens is 476 g/mol. The van der Waals surface area contributed by atoms with E-state index in [1.54, 1.807) is 24.0 Å².